The van der Waals surface area contributed by atoms with Gasteiger partial charge in [0.1, 0.15) is 5.02 Å². The smallest absolute Gasteiger partial charge is 0.409 e. The van der Waals surface area contributed by atoms with E-state index in [0.29, 0.717) is 9.20 Å². The Morgan fingerprint density at radius 2 is 2.13 bits per heavy atom. The minimum atomic E-state index is -0.694. The maximum Gasteiger partial charge on any atom is 0.409 e. The number of carbonyl (C=O) groups is 1. The molecule has 0 spiro atoms. The van der Waals surface area contributed by atoms with Crippen LogP contribution in [0.15, 0.2) is 16.7 Å². The van der Waals surface area contributed by atoms with E-state index in [9.17, 15) is 10.0 Å². The van der Waals surface area contributed by atoms with Crippen molar-refractivity contribution in [2.75, 3.05) is 7.11 Å². The van der Waals surface area contributed by atoms with Gasteiger partial charge in [-0.15, -0.1) is 0 Å². The topological polar surface area (TPSA) is 50.4 Å². The average Bonchev–Trinajstić information content (AvgIpc) is 2.19. The quantitative estimate of drug-likeness (QED) is 0.492. The van der Waals surface area contributed by atoms with E-state index in [2.05, 4.69) is 20.7 Å². The van der Waals surface area contributed by atoms with Crippen LogP contribution in [0.4, 0.5) is 0 Å². The molecule has 0 atom stereocenters. The second-order valence-electron chi connectivity index (χ2n) is 2.19. The molecule has 6 heteroatoms. The minimum Gasteiger partial charge on any atom is -0.461 e. The first-order valence-electron chi connectivity index (χ1n) is 4.24. The Hall–Kier alpha value is -0.810. The number of hydrogen-bond donors (Lipinski definition) is 1. The summed E-state index contributed by atoms with van der Waals surface area (Å²) < 4.78 is 5.59. The predicted octanol–water partition coefficient (Wildman–Crippen LogP) is 2.44. The molecular formula is C9H12BrClNO3+. The number of esters is 1. The molecule has 15 heavy (non-hydrogen) atoms. The van der Waals surface area contributed by atoms with E-state index >= 15 is 0 Å². The van der Waals surface area contributed by atoms with E-state index in [0.717, 1.165) is 0 Å². The highest BCUT2D eigenvalue weighted by atomic mass is 79.9. The van der Waals surface area contributed by atoms with Gasteiger partial charge in [-0.3, -0.25) is 5.21 Å². The van der Waals surface area contributed by atoms with Gasteiger partial charge < -0.3 is 4.74 Å². The largest absolute Gasteiger partial charge is 0.461 e. The first-order chi connectivity index (χ1) is 7.06. The van der Waals surface area contributed by atoms with E-state index in [-0.39, 0.29) is 10.7 Å². The van der Waals surface area contributed by atoms with Gasteiger partial charge in [0.25, 0.3) is 0 Å². The van der Waals surface area contributed by atoms with Crippen molar-refractivity contribution in [3.8, 4) is 0 Å². The van der Waals surface area contributed by atoms with Crippen LogP contribution in [-0.2, 0) is 4.74 Å². The Kier molecular flexibility index (Phi) is 6.27. The summed E-state index contributed by atoms with van der Waals surface area (Å²) in [5.74, 6) is -0.694. The molecule has 0 aliphatic heterocycles. The Balaban J connectivity index is 0.000000921. The molecule has 0 saturated heterocycles. The lowest BCUT2D eigenvalue weighted by Crippen LogP contribution is -2.38. The molecule has 0 amide bonds. The predicted molar refractivity (Wildman–Crippen MR) is 59.2 cm³/mol. The SMILES string of the molecule is CC.COC(=O)c1c(Cl)cc(Br)c[n+]1O. The van der Waals surface area contributed by atoms with Crippen LogP contribution in [0, 0.1) is 0 Å². The molecular weight excluding hydrogens is 285 g/mol. The zero-order chi connectivity index (χ0) is 12.0. The van der Waals surface area contributed by atoms with Gasteiger partial charge in [-0.05, 0) is 22.0 Å². The van der Waals surface area contributed by atoms with Gasteiger partial charge in [-0.1, -0.05) is 25.4 Å². The van der Waals surface area contributed by atoms with Crippen LogP contribution in [0.25, 0.3) is 0 Å². The number of halogens is 2. The van der Waals surface area contributed by atoms with Crippen molar-refractivity contribution in [3.05, 3.63) is 27.5 Å². The summed E-state index contributed by atoms with van der Waals surface area (Å²) in [5, 5.41) is 9.39. The fourth-order valence-corrected chi connectivity index (χ4v) is 1.64. The van der Waals surface area contributed by atoms with Gasteiger partial charge in [-0.2, -0.15) is 0 Å². The number of carbonyl (C=O) groups excluding carboxylic acids is 1. The van der Waals surface area contributed by atoms with Gasteiger partial charge >= 0.3 is 11.7 Å². The van der Waals surface area contributed by atoms with Gasteiger partial charge in [0.2, 0.25) is 6.20 Å². The number of methoxy groups -OCH3 is 1. The molecule has 0 bridgehead atoms. The first kappa shape index (κ1) is 14.2. The number of ether oxygens (including phenoxy) is 1. The Morgan fingerprint density at radius 3 is 2.53 bits per heavy atom. The van der Waals surface area contributed by atoms with Gasteiger partial charge in [0, 0.05) is 4.73 Å². The van der Waals surface area contributed by atoms with Crippen LogP contribution < -0.4 is 4.73 Å². The average molecular weight is 298 g/mol. The third kappa shape index (κ3) is 3.68. The molecule has 1 aromatic rings. The lowest BCUT2D eigenvalue weighted by Gasteiger charge is -1.97. The fraction of sp³-hybridized carbons (Fsp3) is 0.333. The van der Waals surface area contributed by atoms with E-state index < -0.39 is 5.97 Å². The molecule has 1 rings (SSSR count). The molecule has 0 unspecified atom stereocenters. The summed E-state index contributed by atoms with van der Waals surface area (Å²) in [4.78, 5) is 11.1. The van der Waals surface area contributed by atoms with Crippen LogP contribution in [0.3, 0.4) is 0 Å². The normalized spacial score (nSPS) is 8.87. The number of rotatable bonds is 1. The molecule has 0 saturated carbocycles. The second kappa shape index (κ2) is 6.63. The number of hydrogen-bond acceptors (Lipinski definition) is 3. The van der Waals surface area contributed by atoms with E-state index in [1.807, 2.05) is 13.8 Å². The van der Waals surface area contributed by atoms with Crippen molar-refractivity contribution in [2.45, 2.75) is 13.8 Å². The van der Waals surface area contributed by atoms with E-state index in [1.54, 1.807) is 0 Å². The maximum absolute atomic E-state index is 11.1. The summed E-state index contributed by atoms with van der Waals surface area (Å²) >= 11 is 8.80. The molecule has 1 heterocycles. The zero-order valence-electron chi connectivity index (χ0n) is 8.62. The Bertz CT molecular complexity index is 334. The van der Waals surface area contributed by atoms with Crippen molar-refractivity contribution >= 4 is 33.5 Å². The highest BCUT2D eigenvalue weighted by Crippen LogP contribution is 2.17. The standard InChI is InChI=1S/C7H6BrClNO3.C2H6/c1-13-7(11)6-5(9)2-4(8)3-10(6)12;1-2/h2-3,12H,1H3;1-2H3/q+1;. The highest BCUT2D eigenvalue weighted by molar-refractivity contribution is 9.10. The van der Waals surface area contributed by atoms with Crippen LogP contribution in [0.1, 0.15) is 24.3 Å². The van der Waals surface area contributed by atoms with Crippen LogP contribution in [-0.4, -0.2) is 18.3 Å². The van der Waals surface area contributed by atoms with Crippen molar-refractivity contribution in [1.29, 1.82) is 0 Å². The molecule has 84 valence electrons. The highest BCUT2D eigenvalue weighted by Gasteiger charge is 2.25. The molecule has 0 aromatic carbocycles. The summed E-state index contributed by atoms with van der Waals surface area (Å²) in [5.41, 5.74) is -0.104. The summed E-state index contributed by atoms with van der Waals surface area (Å²) in [6, 6.07) is 1.49. The first-order valence-corrected chi connectivity index (χ1v) is 5.41. The van der Waals surface area contributed by atoms with Crippen LogP contribution in [0.5, 0.6) is 0 Å². The van der Waals surface area contributed by atoms with Crippen molar-refractivity contribution < 1.29 is 19.5 Å². The van der Waals surface area contributed by atoms with E-state index in [1.165, 1.54) is 19.4 Å². The third-order valence-corrected chi connectivity index (χ3v) is 2.07. The van der Waals surface area contributed by atoms with E-state index in [4.69, 9.17) is 11.6 Å². The summed E-state index contributed by atoms with van der Waals surface area (Å²) in [6.45, 7) is 4.00. The van der Waals surface area contributed by atoms with Crippen molar-refractivity contribution in [2.24, 2.45) is 0 Å². The third-order valence-electron chi connectivity index (χ3n) is 1.34. The molecule has 0 aliphatic rings. The van der Waals surface area contributed by atoms with Gasteiger partial charge in [-0.25, -0.2) is 4.79 Å². The summed E-state index contributed by atoms with van der Waals surface area (Å²) in [6.07, 6.45) is 1.29. The second-order valence-corrected chi connectivity index (χ2v) is 3.51. The number of aromatic nitrogens is 1. The minimum absolute atomic E-state index is 0.104. The molecule has 1 aromatic heterocycles. The van der Waals surface area contributed by atoms with Gasteiger partial charge in [0.15, 0.2) is 0 Å². The van der Waals surface area contributed by atoms with Gasteiger partial charge in [0.05, 0.1) is 11.6 Å². The van der Waals surface area contributed by atoms with Crippen LogP contribution in [0.2, 0.25) is 5.02 Å². The number of pyridine rings is 1. The fourth-order valence-electron chi connectivity index (χ4n) is 0.805. The van der Waals surface area contributed by atoms with Crippen LogP contribution >= 0.6 is 27.5 Å². The zero-order valence-corrected chi connectivity index (χ0v) is 11.0. The molecule has 1 N–H and O–H groups in total. The van der Waals surface area contributed by atoms with Crippen molar-refractivity contribution in [3.63, 3.8) is 0 Å². The molecule has 0 aliphatic carbocycles. The summed E-state index contributed by atoms with van der Waals surface area (Å²) in [7, 11) is 1.21. The molecule has 0 radical (unpaired) electrons. The van der Waals surface area contributed by atoms with Crippen molar-refractivity contribution in [1.82, 2.24) is 0 Å². The lowest BCUT2D eigenvalue weighted by molar-refractivity contribution is -0.906. The number of nitrogens with zero attached hydrogens (tertiary/aromatic N) is 1. The maximum atomic E-state index is 11.1. The monoisotopic (exact) mass is 296 g/mol. The molecule has 4 nitrogen and oxygen atoms in total. The lowest BCUT2D eigenvalue weighted by atomic mass is 10.3. The Labute approximate surface area is 102 Å². The molecule has 0 fully saturated rings. The Morgan fingerprint density at radius 1 is 1.60 bits per heavy atom.